The number of aromatic hydroxyl groups is 3. The first-order valence-corrected chi connectivity index (χ1v) is 7.29. The molecule has 2 rings (SSSR count). The molecule has 0 fully saturated rings. The molecule has 10 nitrogen and oxygen atoms in total. The predicted octanol–water partition coefficient (Wildman–Crippen LogP) is 0.735. The van der Waals surface area contributed by atoms with Gasteiger partial charge in [-0.1, -0.05) is 12.1 Å². The minimum absolute atomic E-state index is 0.0165. The van der Waals surface area contributed by atoms with Gasteiger partial charge in [0, 0.05) is 0 Å². The van der Waals surface area contributed by atoms with E-state index in [0.717, 1.165) is 12.1 Å². The first-order valence-electron chi connectivity index (χ1n) is 7.29. The number of aliphatic carboxylic acids is 2. The molecule has 0 saturated heterocycles. The average Bonchev–Trinajstić information content (AvgIpc) is 2.63. The fourth-order valence-electron chi connectivity index (χ4n) is 1.86. The molecular weight excluding hydrogens is 364 g/mol. The number of hydrogen-bond acceptors (Lipinski definition) is 8. The van der Waals surface area contributed by atoms with Crippen molar-refractivity contribution in [3.05, 3.63) is 47.5 Å². The highest BCUT2D eigenvalue weighted by molar-refractivity contribution is 5.74. The maximum absolute atomic E-state index is 10.4. The van der Waals surface area contributed by atoms with Crippen molar-refractivity contribution < 1.29 is 50.1 Å². The van der Waals surface area contributed by atoms with Crippen molar-refractivity contribution in [2.45, 2.75) is 12.2 Å². The topological polar surface area (TPSA) is 185 Å². The van der Waals surface area contributed by atoms with Crippen molar-refractivity contribution >= 4 is 11.9 Å². The summed E-state index contributed by atoms with van der Waals surface area (Å²) in [5.41, 5.74) is 0.176. The fraction of sp³-hybridized carbons (Fsp3) is 0.176. The van der Waals surface area contributed by atoms with Crippen LogP contribution in [0.1, 0.15) is 23.3 Å². The molecule has 0 heterocycles. The number of carboxylic acids is 2. The number of methoxy groups -OCH3 is 1. The molecule has 146 valence electrons. The molecule has 0 aliphatic carbocycles. The zero-order valence-corrected chi connectivity index (χ0v) is 14.0. The summed E-state index contributed by atoms with van der Waals surface area (Å²) in [6, 6.07) is 7.17. The zero-order valence-electron chi connectivity index (χ0n) is 14.0. The summed E-state index contributed by atoms with van der Waals surface area (Å²) in [6.45, 7) is 0. The van der Waals surface area contributed by atoms with Gasteiger partial charge < -0.3 is 40.5 Å². The van der Waals surface area contributed by atoms with Crippen molar-refractivity contribution in [1.29, 1.82) is 0 Å². The zero-order chi connectivity index (χ0) is 20.7. The van der Waals surface area contributed by atoms with Gasteiger partial charge in [-0.15, -0.1) is 0 Å². The van der Waals surface area contributed by atoms with Crippen LogP contribution in [0, 0.1) is 0 Å². The van der Waals surface area contributed by atoms with Crippen molar-refractivity contribution in [2.75, 3.05) is 7.11 Å². The number of carboxylic acid groups (broad SMARTS) is 2. The number of aliphatic hydroxyl groups excluding tert-OH is 2. The summed E-state index contributed by atoms with van der Waals surface area (Å²) < 4.78 is 4.76. The molecule has 0 aromatic heterocycles. The van der Waals surface area contributed by atoms with Gasteiger partial charge in [-0.25, -0.2) is 9.59 Å². The summed E-state index contributed by atoms with van der Waals surface area (Å²) in [4.78, 5) is 20.7. The molecule has 10 heteroatoms. The molecule has 27 heavy (non-hydrogen) atoms. The van der Waals surface area contributed by atoms with E-state index in [1.165, 1.54) is 31.4 Å². The van der Waals surface area contributed by atoms with Crippen molar-refractivity contribution in [1.82, 2.24) is 0 Å². The minimum atomic E-state index is -1.69. The van der Waals surface area contributed by atoms with Gasteiger partial charge in [0.05, 0.1) is 7.11 Å². The van der Waals surface area contributed by atoms with Crippen LogP contribution in [0.15, 0.2) is 36.4 Å². The van der Waals surface area contributed by atoms with Gasteiger partial charge in [0.15, 0.2) is 35.2 Å². The van der Waals surface area contributed by atoms with Crippen LogP contribution in [0.25, 0.3) is 0 Å². The number of aliphatic hydroxyl groups is 2. The van der Waals surface area contributed by atoms with Crippen LogP contribution in [-0.2, 0) is 9.59 Å². The number of phenolic OH excluding ortho intramolecular Hbond substituents is 3. The standard InChI is InChI=1S/C9H10O5.C8H8O5/c1-14-7-4-5(2-3-6(7)10)8(11)9(12)13;9-5-2-1-4(3-6(5)10)7(11)8(12)13/h2-4,8,10-11H,1H3,(H,12,13);1-3,7,9-11H,(H,12,13). The maximum Gasteiger partial charge on any atom is 0.337 e. The lowest BCUT2D eigenvalue weighted by molar-refractivity contribution is -0.147. The van der Waals surface area contributed by atoms with E-state index in [9.17, 15) is 19.8 Å². The van der Waals surface area contributed by atoms with E-state index in [-0.39, 0.29) is 28.4 Å². The monoisotopic (exact) mass is 382 g/mol. The maximum atomic E-state index is 10.4. The highest BCUT2D eigenvalue weighted by Gasteiger charge is 2.18. The van der Waals surface area contributed by atoms with Crippen molar-refractivity contribution in [3.63, 3.8) is 0 Å². The molecule has 2 aromatic carbocycles. The van der Waals surface area contributed by atoms with Gasteiger partial charge >= 0.3 is 11.9 Å². The Hall–Kier alpha value is -3.50. The van der Waals surface area contributed by atoms with Crippen LogP contribution in [-0.4, -0.2) is 54.8 Å². The van der Waals surface area contributed by atoms with Gasteiger partial charge in [-0.2, -0.15) is 0 Å². The lowest BCUT2D eigenvalue weighted by atomic mass is 10.1. The number of carbonyl (C=O) groups is 2. The number of phenols is 3. The molecule has 0 spiro atoms. The fourth-order valence-corrected chi connectivity index (χ4v) is 1.86. The molecule has 0 aliphatic rings. The Morgan fingerprint density at radius 3 is 1.63 bits per heavy atom. The Morgan fingerprint density at radius 2 is 1.22 bits per heavy atom. The van der Waals surface area contributed by atoms with Gasteiger partial charge in [0.1, 0.15) is 0 Å². The highest BCUT2D eigenvalue weighted by Crippen LogP contribution is 2.29. The number of rotatable bonds is 5. The van der Waals surface area contributed by atoms with Crippen LogP contribution in [0.5, 0.6) is 23.0 Å². The van der Waals surface area contributed by atoms with Crippen molar-refractivity contribution in [3.8, 4) is 23.0 Å². The Balaban J connectivity index is 0.000000271. The van der Waals surface area contributed by atoms with Gasteiger partial charge in [-0.3, -0.25) is 0 Å². The van der Waals surface area contributed by atoms with E-state index in [0.29, 0.717) is 0 Å². The van der Waals surface area contributed by atoms with Gasteiger partial charge in [-0.05, 0) is 35.4 Å². The van der Waals surface area contributed by atoms with E-state index in [1.807, 2.05) is 0 Å². The van der Waals surface area contributed by atoms with Crippen molar-refractivity contribution in [2.24, 2.45) is 0 Å². The quantitative estimate of drug-likeness (QED) is 0.364. The van der Waals surface area contributed by atoms with Crippen LogP contribution in [0.2, 0.25) is 0 Å². The van der Waals surface area contributed by atoms with Crippen LogP contribution in [0.4, 0.5) is 0 Å². The first-order chi connectivity index (χ1) is 12.6. The first kappa shape index (κ1) is 21.5. The molecule has 2 unspecified atom stereocenters. The van der Waals surface area contributed by atoms with E-state index in [1.54, 1.807) is 0 Å². The lowest BCUT2D eigenvalue weighted by Crippen LogP contribution is -2.10. The largest absolute Gasteiger partial charge is 0.504 e. The minimum Gasteiger partial charge on any atom is -0.504 e. The van der Waals surface area contributed by atoms with E-state index >= 15 is 0 Å². The summed E-state index contributed by atoms with van der Waals surface area (Å²) in [7, 11) is 1.34. The van der Waals surface area contributed by atoms with Crippen LogP contribution < -0.4 is 4.74 Å². The SMILES string of the molecule is COc1cc(C(O)C(=O)O)ccc1O.O=C(O)C(O)c1ccc(O)c(O)c1. The van der Waals surface area contributed by atoms with Crippen LogP contribution >= 0.6 is 0 Å². The summed E-state index contributed by atoms with van der Waals surface area (Å²) in [6.07, 6.45) is -3.30. The third kappa shape index (κ3) is 5.76. The molecule has 0 amide bonds. The predicted molar refractivity (Wildman–Crippen MR) is 89.6 cm³/mol. The molecular formula is C17H18O10. The Morgan fingerprint density at radius 1 is 0.778 bits per heavy atom. The van der Waals surface area contributed by atoms with E-state index in [4.69, 9.17) is 30.3 Å². The molecule has 0 bridgehead atoms. The third-order valence-corrected chi connectivity index (χ3v) is 3.30. The highest BCUT2D eigenvalue weighted by atomic mass is 16.5. The molecule has 2 aromatic rings. The molecule has 0 radical (unpaired) electrons. The molecule has 2 atom stereocenters. The summed E-state index contributed by atoms with van der Waals surface area (Å²) >= 11 is 0. The summed E-state index contributed by atoms with van der Waals surface area (Å²) in [5, 5.41) is 62.2. The second-order valence-electron chi connectivity index (χ2n) is 5.16. The van der Waals surface area contributed by atoms with E-state index < -0.39 is 29.9 Å². The van der Waals surface area contributed by atoms with Gasteiger partial charge in [0.25, 0.3) is 0 Å². The summed E-state index contributed by atoms with van der Waals surface area (Å²) in [5.74, 6) is -3.56. The second kappa shape index (κ2) is 9.27. The normalized spacial score (nSPS) is 12.3. The van der Waals surface area contributed by atoms with Crippen LogP contribution in [0.3, 0.4) is 0 Å². The number of benzene rings is 2. The Kier molecular flexibility index (Phi) is 7.39. The van der Waals surface area contributed by atoms with E-state index in [2.05, 4.69) is 0 Å². The Bertz CT molecular complexity index is 817. The Labute approximate surface area is 152 Å². The molecule has 7 N–H and O–H groups in total. The lowest BCUT2D eigenvalue weighted by Gasteiger charge is -2.08. The average molecular weight is 382 g/mol. The van der Waals surface area contributed by atoms with Gasteiger partial charge in [0.2, 0.25) is 0 Å². The third-order valence-electron chi connectivity index (χ3n) is 3.30. The molecule has 0 saturated carbocycles. The number of ether oxygens (including phenoxy) is 1. The number of hydrogen-bond donors (Lipinski definition) is 7. The second-order valence-corrected chi connectivity index (χ2v) is 5.16. The smallest absolute Gasteiger partial charge is 0.337 e. The molecule has 0 aliphatic heterocycles.